The number of benzene rings is 2. The lowest BCUT2D eigenvalue weighted by Crippen LogP contribution is -2.44. The number of aliphatic imine (C=N–C) groups is 1. The Morgan fingerprint density at radius 2 is 1.84 bits per heavy atom. The van der Waals surface area contributed by atoms with Crippen molar-refractivity contribution in [2.24, 2.45) is 10.9 Å². The Hall–Kier alpha value is -4.30. The molecule has 3 atom stereocenters. The number of hydrogen-bond acceptors (Lipinski definition) is 10. The van der Waals surface area contributed by atoms with Crippen LogP contribution in [0.25, 0.3) is 0 Å². The number of hydrogen-bond donors (Lipinski definition) is 2. The number of rotatable bonds is 15. The number of alkyl halides is 3. The standard InChI is InChI=1S/C30H34F3N3O8/c1-3-42-29(39)26-25(20-10-9-11-21(16-20)36(40)41)24(19(2)35-27(26)30(31,32)33)28(38)43-15-8-7-14-34-17-22(37)18-44-23-12-5-4-6-13-23/h4-6,9-13,16,22,25-26,34,37H,3,7-8,14-15,17-18H2,1-2H3. The second kappa shape index (κ2) is 16.0. The predicted octanol–water partition coefficient (Wildman–Crippen LogP) is 4.50. The Bertz CT molecular complexity index is 1360. The quantitative estimate of drug-likeness (QED) is 0.127. The van der Waals surface area contributed by atoms with Gasteiger partial charge in [0, 0.05) is 30.3 Å². The van der Waals surface area contributed by atoms with E-state index >= 15 is 0 Å². The molecule has 0 aliphatic carbocycles. The number of esters is 2. The summed E-state index contributed by atoms with van der Waals surface area (Å²) in [6.45, 7) is 3.09. The first-order valence-electron chi connectivity index (χ1n) is 13.9. The molecule has 14 heteroatoms. The highest BCUT2D eigenvalue weighted by Crippen LogP contribution is 2.44. The monoisotopic (exact) mass is 621 g/mol. The minimum atomic E-state index is -5.05. The minimum absolute atomic E-state index is 0.0702. The van der Waals surface area contributed by atoms with Crippen LogP contribution in [-0.4, -0.2) is 72.9 Å². The molecule has 0 fully saturated rings. The zero-order valence-corrected chi connectivity index (χ0v) is 24.2. The number of carbonyl (C=O) groups excluding carboxylic acids is 2. The average Bonchev–Trinajstić information content (AvgIpc) is 2.99. The highest BCUT2D eigenvalue weighted by molar-refractivity contribution is 6.10. The molecule has 2 aromatic rings. The largest absolute Gasteiger partial charge is 0.491 e. The Morgan fingerprint density at radius 3 is 2.50 bits per heavy atom. The molecule has 238 valence electrons. The predicted molar refractivity (Wildman–Crippen MR) is 153 cm³/mol. The van der Waals surface area contributed by atoms with Gasteiger partial charge < -0.3 is 24.6 Å². The Morgan fingerprint density at radius 1 is 1.11 bits per heavy atom. The lowest BCUT2D eigenvalue weighted by atomic mass is 9.75. The van der Waals surface area contributed by atoms with Crippen molar-refractivity contribution in [2.45, 2.75) is 44.9 Å². The molecular formula is C30H34F3N3O8. The molecule has 3 rings (SSSR count). The molecular weight excluding hydrogens is 587 g/mol. The van der Waals surface area contributed by atoms with Gasteiger partial charge in [0.25, 0.3) is 5.69 Å². The summed E-state index contributed by atoms with van der Waals surface area (Å²) in [6.07, 6.45) is -4.90. The number of aliphatic hydroxyl groups is 1. The summed E-state index contributed by atoms with van der Waals surface area (Å²) in [6, 6.07) is 13.7. The molecule has 2 N–H and O–H groups in total. The maximum Gasteiger partial charge on any atom is 0.430 e. The SMILES string of the molecule is CCOC(=O)C1C(C(F)(F)F)=NC(C)=C(C(=O)OCCCCNCC(O)COc2ccccc2)C1c1cccc([N+](=O)[O-])c1. The van der Waals surface area contributed by atoms with Gasteiger partial charge in [-0.05, 0) is 50.9 Å². The summed E-state index contributed by atoms with van der Waals surface area (Å²) >= 11 is 0. The van der Waals surface area contributed by atoms with Gasteiger partial charge in [0.15, 0.2) is 0 Å². The van der Waals surface area contributed by atoms with Gasteiger partial charge in [-0.1, -0.05) is 30.3 Å². The summed E-state index contributed by atoms with van der Waals surface area (Å²) in [5.74, 6) is -5.33. The number of non-ortho nitro benzene ring substituents is 1. The van der Waals surface area contributed by atoms with E-state index in [1.165, 1.54) is 26.0 Å². The fourth-order valence-electron chi connectivity index (χ4n) is 4.68. The first-order chi connectivity index (χ1) is 20.9. The Labute approximate surface area is 251 Å². The van der Waals surface area contributed by atoms with E-state index in [4.69, 9.17) is 14.2 Å². The van der Waals surface area contributed by atoms with Gasteiger partial charge >= 0.3 is 18.1 Å². The van der Waals surface area contributed by atoms with Crippen molar-refractivity contribution in [1.82, 2.24) is 5.32 Å². The fourth-order valence-corrected chi connectivity index (χ4v) is 4.68. The van der Waals surface area contributed by atoms with Crippen molar-refractivity contribution in [3.05, 3.63) is 81.5 Å². The molecule has 1 heterocycles. The number of ether oxygens (including phenoxy) is 3. The number of allylic oxidation sites excluding steroid dienone is 1. The highest BCUT2D eigenvalue weighted by atomic mass is 19.4. The van der Waals surface area contributed by atoms with Crippen LogP contribution in [0.15, 0.2) is 70.9 Å². The fraction of sp³-hybridized carbons (Fsp3) is 0.433. The van der Waals surface area contributed by atoms with E-state index in [0.29, 0.717) is 25.1 Å². The van der Waals surface area contributed by atoms with Crippen molar-refractivity contribution in [2.75, 3.05) is 32.9 Å². The van der Waals surface area contributed by atoms with Crippen molar-refractivity contribution >= 4 is 23.3 Å². The van der Waals surface area contributed by atoms with E-state index in [9.17, 15) is 38.0 Å². The van der Waals surface area contributed by atoms with Gasteiger partial charge in [-0.2, -0.15) is 13.2 Å². The lowest BCUT2D eigenvalue weighted by molar-refractivity contribution is -0.384. The van der Waals surface area contributed by atoms with Crippen LogP contribution in [0, 0.1) is 16.0 Å². The molecule has 0 radical (unpaired) electrons. The smallest absolute Gasteiger partial charge is 0.430 e. The van der Waals surface area contributed by atoms with Crippen molar-refractivity contribution < 1.29 is 47.0 Å². The summed E-state index contributed by atoms with van der Waals surface area (Å²) < 4.78 is 58.1. The Kier molecular flexibility index (Phi) is 12.4. The molecule has 0 spiro atoms. The van der Waals surface area contributed by atoms with E-state index in [1.807, 2.05) is 18.2 Å². The summed E-state index contributed by atoms with van der Waals surface area (Å²) in [7, 11) is 0. The third-order valence-electron chi connectivity index (χ3n) is 6.65. The lowest BCUT2D eigenvalue weighted by Gasteiger charge is -2.33. The van der Waals surface area contributed by atoms with Crippen molar-refractivity contribution in [1.29, 1.82) is 0 Å². The molecule has 2 aromatic carbocycles. The van der Waals surface area contributed by atoms with Crippen LogP contribution in [0.2, 0.25) is 0 Å². The van der Waals surface area contributed by atoms with E-state index in [-0.39, 0.29) is 43.2 Å². The molecule has 44 heavy (non-hydrogen) atoms. The topological polar surface area (TPSA) is 150 Å². The number of nitrogens with one attached hydrogen (secondary N) is 1. The van der Waals surface area contributed by atoms with Crippen molar-refractivity contribution in [3.8, 4) is 5.75 Å². The minimum Gasteiger partial charge on any atom is -0.491 e. The van der Waals surface area contributed by atoms with Gasteiger partial charge in [0.2, 0.25) is 0 Å². The highest BCUT2D eigenvalue weighted by Gasteiger charge is 2.53. The maximum absolute atomic E-state index is 14.1. The van der Waals surface area contributed by atoms with Crippen LogP contribution < -0.4 is 10.1 Å². The summed E-state index contributed by atoms with van der Waals surface area (Å²) in [4.78, 5) is 40.5. The van der Waals surface area contributed by atoms with Gasteiger partial charge in [-0.3, -0.25) is 19.9 Å². The molecule has 1 aliphatic rings. The number of nitro benzene ring substituents is 1. The Balaban J connectivity index is 1.68. The van der Waals surface area contributed by atoms with Gasteiger partial charge in [-0.25, -0.2) is 4.79 Å². The van der Waals surface area contributed by atoms with Crippen LogP contribution in [0.1, 0.15) is 38.2 Å². The van der Waals surface area contributed by atoms with Crippen LogP contribution in [0.3, 0.4) is 0 Å². The normalized spacial score (nSPS) is 17.5. The first-order valence-corrected chi connectivity index (χ1v) is 13.9. The number of halogens is 3. The van der Waals surface area contributed by atoms with Crippen molar-refractivity contribution in [3.63, 3.8) is 0 Å². The van der Waals surface area contributed by atoms with Gasteiger partial charge in [0.05, 0.1) is 23.7 Å². The third-order valence-corrected chi connectivity index (χ3v) is 6.65. The molecule has 0 saturated carbocycles. The second-order valence-electron chi connectivity index (χ2n) is 9.88. The molecule has 1 aliphatic heterocycles. The van der Waals surface area contributed by atoms with Crippen LogP contribution in [-0.2, 0) is 19.1 Å². The van der Waals surface area contributed by atoms with E-state index < -0.39 is 52.4 Å². The van der Waals surface area contributed by atoms with Crippen LogP contribution in [0.5, 0.6) is 5.75 Å². The molecule has 11 nitrogen and oxygen atoms in total. The van der Waals surface area contributed by atoms with Gasteiger partial charge in [0.1, 0.15) is 30.1 Å². The van der Waals surface area contributed by atoms with E-state index in [1.54, 1.807) is 12.1 Å². The maximum atomic E-state index is 14.1. The zero-order chi connectivity index (χ0) is 32.3. The van der Waals surface area contributed by atoms with Gasteiger partial charge in [-0.15, -0.1) is 0 Å². The number of para-hydroxylation sites is 1. The molecule has 0 saturated heterocycles. The third kappa shape index (κ3) is 9.35. The summed E-state index contributed by atoms with van der Waals surface area (Å²) in [5.41, 5.74) is -2.62. The van der Waals surface area contributed by atoms with E-state index in [0.717, 1.165) is 12.1 Å². The number of carbonyl (C=O) groups is 2. The molecule has 0 amide bonds. The summed E-state index contributed by atoms with van der Waals surface area (Å²) in [5, 5.41) is 24.5. The number of nitrogens with zero attached hydrogens (tertiary/aromatic N) is 2. The molecule has 0 bridgehead atoms. The first kappa shape index (κ1) is 34.2. The van der Waals surface area contributed by atoms with Crippen LogP contribution in [0.4, 0.5) is 18.9 Å². The van der Waals surface area contributed by atoms with E-state index in [2.05, 4.69) is 10.3 Å². The second-order valence-corrected chi connectivity index (χ2v) is 9.88. The number of aliphatic hydroxyl groups excluding tert-OH is 1. The molecule has 3 unspecified atom stereocenters. The zero-order valence-electron chi connectivity index (χ0n) is 24.2. The average molecular weight is 622 g/mol. The van der Waals surface area contributed by atoms with Crippen LogP contribution >= 0.6 is 0 Å². The number of unbranched alkanes of at least 4 members (excludes halogenated alkanes) is 1. The number of nitro groups is 1. The molecule has 0 aromatic heterocycles.